The Balaban J connectivity index is 2.27. The van der Waals surface area contributed by atoms with E-state index in [2.05, 4.69) is 13.8 Å². The van der Waals surface area contributed by atoms with Gasteiger partial charge < -0.3 is 14.6 Å². The first-order valence-corrected chi connectivity index (χ1v) is 7.19. The number of methoxy groups -OCH3 is 1. The van der Waals surface area contributed by atoms with Crippen LogP contribution in [0, 0.1) is 0 Å². The molecule has 0 bridgehead atoms. The lowest BCUT2D eigenvalue weighted by Gasteiger charge is -2.40. The van der Waals surface area contributed by atoms with Crippen LogP contribution in [0.2, 0.25) is 0 Å². The summed E-state index contributed by atoms with van der Waals surface area (Å²) in [6, 6.07) is 5.67. The molecule has 0 aliphatic carbocycles. The second kappa shape index (κ2) is 5.83. The van der Waals surface area contributed by atoms with Gasteiger partial charge in [-0.1, -0.05) is 20.3 Å². The van der Waals surface area contributed by atoms with Crippen molar-refractivity contribution in [1.29, 1.82) is 0 Å². The molecule has 3 heteroatoms. The third-order valence-corrected chi connectivity index (χ3v) is 4.10. The summed E-state index contributed by atoms with van der Waals surface area (Å²) in [6.07, 6.45) is 4.42. The van der Waals surface area contributed by atoms with Gasteiger partial charge in [0, 0.05) is 12.0 Å². The predicted molar refractivity (Wildman–Crippen MR) is 75.7 cm³/mol. The number of hydrogen-bond acceptors (Lipinski definition) is 3. The van der Waals surface area contributed by atoms with Gasteiger partial charge in [0.1, 0.15) is 17.1 Å². The number of hydrogen-bond donors (Lipinski definition) is 1. The van der Waals surface area contributed by atoms with Crippen molar-refractivity contribution in [2.75, 3.05) is 7.11 Å². The summed E-state index contributed by atoms with van der Waals surface area (Å²) in [5.41, 5.74) is 0.636. The highest BCUT2D eigenvalue weighted by atomic mass is 16.5. The Bertz CT molecular complexity index is 430. The second-order valence-corrected chi connectivity index (χ2v) is 5.37. The molecule has 1 heterocycles. The first-order chi connectivity index (χ1) is 9.14. The van der Waals surface area contributed by atoms with Crippen LogP contribution in [0.5, 0.6) is 11.5 Å². The summed E-state index contributed by atoms with van der Waals surface area (Å²) in [7, 11) is 1.63. The zero-order valence-electron chi connectivity index (χ0n) is 12.1. The van der Waals surface area contributed by atoms with Crippen molar-refractivity contribution in [1.82, 2.24) is 0 Å². The Hall–Kier alpha value is -1.22. The van der Waals surface area contributed by atoms with E-state index in [1.54, 1.807) is 7.11 Å². The van der Waals surface area contributed by atoms with Gasteiger partial charge in [-0.2, -0.15) is 0 Å². The van der Waals surface area contributed by atoms with E-state index in [4.69, 9.17) is 9.47 Å². The second-order valence-electron chi connectivity index (χ2n) is 5.37. The van der Waals surface area contributed by atoms with Gasteiger partial charge in [0.25, 0.3) is 0 Å². The van der Waals surface area contributed by atoms with Crippen LogP contribution < -0.4 is 9.47 Å². The minimum Gasteiger partial charge on any atom is -0.497 e. The molecular formula is C16H24O3. The van der Waals surface area contributed by atoms with E-state index in [9.17, 15) is 5.11 Å². The van der Waals surface area contributed by atoms with Crippen molar-refractivity contribution >= 4 is 0 Å². The molecule has 0 aromatic heterocycles. The van der Waals surface area contributed by atoms with Gasteiger partial charge in [0.15, 0.2) is 0 Å². The maximum absolute atomic E-state index is 10.4. The molecule has 2 atom stereocenters. The Morgan fingerprint density at radius 2 is 2.21 bits per heavy atom. The lowest BCUT2D eigenvalue weighted by Crippen LogP contribution is -2.40. The van der Waals surface area contributed by atoms with Gasteiger partial charge in [-0.25, -0.2) is 0 Å². The molecule has 2 rings (SSSR count). The standard InChI is InChI=1S/C16H24O3/c1-4-6-9-16(5-2)11-14(17)13-10-12(18-3)7-8-15(13)19-16/h7-8,10,14,17H,4-6,9,11H2,1-3H3/t14-,16?/m1/s1. The van der Waals surface area contributed by atoms with Crippen LogP contribution in [0.1, 0.15) is 57.6 Å². The van der Waals surface area contributed by atoms with Crippen molar-refractivity contribution in [2.45, 2.75) is 57.7 Å². The zero-order chi connectivity index (χ0) is 13.9. The van der Waals surface area contributed by atoms with E-state index < -0.39 is 6.10 Å². The Morgan fingerprint density at radius 3 is 2.84 bits per heavy atom. The molecule has 1 aromatic carbocycles. The van der Waals surface area contributed by atoms with E-state index in [0.717, 1.165) is 42.7 Å². The quantitative estimate of drug-likeness (QED) is 0.878. The van der Waals surface area contributed by atoms with E-state index >= 15 is 0 Å². The molecule has 106 valence electrons. The number of aliphatic hydroxyl groups is 1. The summed E-state index contributed by atoms with van der Waals surface area (Å²) in [4.78, 5) is 0. The molecule has 1 aromatic rings. The molecule has 1 aliphatic rings. The summed E-state index contributed by atoms with van der Waals surface area (Å²) in [5, 5.41) is 10.4. The van der Waals surface area contributed by atoms with Gasteiger partial charge in [0.05, 0.1) is 13.2 Å². The molecule has 0 radical (unpaired) electrons. The molecule has 0 spiro atoms. The highest BCUT2D eigenvalue weighted by molar-refractivity contribution is 5.43. The van der Waals surface area contributed by atoms with E-state index in [1.165, 1.54) is 0 Å². The first-order valence-electron chi connectivity index (χ1n) is 7.19. The van der Waals surface area contributed by atoms with Gasteiger partial charge in [0.2, 0.25) is 0 Å². The van der Waals surface area contributed by atoms with E-state index in [0.29, 0.717) is 6.42 Å². The average molecular weight is 264 g/mol. The van der Waals surface area contributed by atoms with Crippen LogP contribution in [-0.2, 0) is 0 Å². The number of ether oxygens (including phenoxy) is 2. The van der Waals surface area contributed by atoms with Crippen molar-refractivity contribution in [3.05, 3.63) is 23.8 Å². The lowest BCUT2D eigenvalue weighted by atomic mass is 9.83. The van der Waals surface area contributed by atoms with Gasteiger partial charge in [-0.15, -0.1) is 0 Å². The third-order valence-electron chi connectivity index (χ3n) is 4.10. The third kappa shape index (κ3) is 2.86. The van der Waals surface area contributed by atoms with Crippen molar-refractivity contribution in [3.8, 4) is 11.5 Å². The van der Waals surface area contributed by atoms with Crippen LogP contribution >= 0.6 is 0 Å². The molecule has 3 nitrogen and oxygen atoms in total. The first kappa shape index (κ1) is 14.2. The van der Waals surface area contributed by atoms with Crippen molar-refractivity contribution in [3.63, 3.8) is 0 Å². The number of unbranched alkanes of at least 4 members (excludes halogenated alkanes) is 1. The fourth-order valence-electron chi connectivity index (χ4n) is 2.79. The van der Waals surface area contributed by atoms with Crippen molar-refractivity contribution in [2.24, 2.45) is 0 Å². The van der Waals surface area contributed by atoms with Crippen LogP contribution in [0.15, 0.2) is 18.2 Å². The largest absolute Gasteiger partial charge is 0.497 e. The summed E-state index contributed by atoms with van der Waals surface area (Å²) >= 11 is 0. The Labute approximate surface area is 115 Å². The lowest BCUT2D eigenvalue weighted by molar-refractivity contribution is -0.0242. The molecule has 0 saturated heterocycles. The number of rotatable bonds is 5. The highest BCUT2D eigenvalue weighted by Crippen LogP contribution is 2.44. The van der Waals surface area contributed by atoms with E-state index in [-0.39, 0.29) is 5.60 Å². The monoisotopic (exact) mass is 264 g/mol. The highest BCUT2D eigenvalue weighted by Gasteiger charge is 2.38. The fraction of sp³-hybridized carbons (Fsp3) is 0.625. The molecule has 1 N–H and O–H groups in total. The topological polar surface area (TPSA) is 38.7 Å². The molecule has 19 heavy (non-hydrogen) atoms. The van der Waals surface area contributed by atoms with Crippen LogP contribution in [0.4, 0.5) is 0 Å². The number of benzene rings is 1. The minimum atomic E-state index is -0.462. The van der Waals surface area contributed by atoms with Gasteiger partial charge in [-0.3, -0.25) is 0 Å². The SMILES string of the molecule is CCCCC1(CC)C[C@@H](O)c2cc(OC)ccc2O1. The molecule has 0 saturated carbocycles. The smallest absolute Gasteiger partial charge is 0.126 e. The summed E-state index contributed by atoms with van der Waals surface area (Å²) in [6.45, 7) is 4.32. The number of fused-ring (bicyclic) bond motifs is 1. The van der Waals surface area contributed by atoms with Crippen molar-refractivity contribution < 1.29 is 14.6 Å². The van der Waals surface area contributed by atoms with Crippen LogP contribution in [-0.4, -0.2) is 17.8 Å². The molecule has 0 amide bonds. The van der Waals surface area contributed by atoms with Gasteiger partial charge in [-0.05, 0) is 37.5 Å². The van der Waals surface area contributed by atoms with Crippen LogP contribution in [0.3, 0.4) is 0 Å². The maximum Gasteiger partial charge on any atom is 0.126 e. The summed E-state index contributed by atoms with van der Waals surface area (Å²) < 4.78 is 11.4. The van der Waals surface area contributed by atoms with Crippen LogP contribution in [0.25, 0.3) is 0 Å². The molecule has 1 aliphatic heterocycles. The van der Waals surface area contributed by atoms with E-state index in [1.807, 2.05) is 18.2 Å². The predicted octanol–water partition coefficient (Wildman–Crippen LogP) is 3.85. The number of aliphatic hydroxyl groups excluding tert-OH is 1. The Kier molecular flexibility index (Phi) is 4.35. The summed E-state index contributed by atoms with van der Waals surface area (Å²) in [5.74, 6) is 1.57. The molecule has 0 fully saturated rings. The molecular weight excluding hydrogens is 240 g/mol. The average Bonchev–Trinajstić information content (AvgIpc) is 2.45. The normalized spacial score (nSPS) is 25.6. The molecule has 1 unspecified atom stereocenters. The van der Waals surface area contributed by atoms with Gasteiger partial charge >= 0.3 is 0 Å². The zero-order valence-corrected chi connectivity index (χ0v) is 12.1. The Morgan fingerprint density at radius 1 is 1.42 bits per heavy atom. The maximum atomic E-state index is 10.4. The fourth-order valence-corrected chi connectivity index (χ4v) is 2.79. The minimum absolute atomic E-state index is 0.211.